The molecule has 1 aromatic carbocycles. The summed E-state index contributed by atoms with van der Waals surface area (Å²) in [5.74, 6) is 1.13. The molecule has 35 heavy (non-hydrogen) atoms. The van der Waals surface area contributed by atoms with Gasteiger partial charge in [-0.05, 0) is 45.5 Å². The molecule has 190 valence electrons. The van der Waals surface area contributed by atoms with Crippen LogP contribution in [0.15, 0.2) is 46.2 Å². The number of anilines is 1. The Hall–Kier alpha value is -2.36. The van der Waals surface area contributed by atoms with E-state index in [4.69, 9.17) is 4.74 Å². The lowest BCUT2D eigenvalue weighted by molar-refractivity contribution is -0.138. The van der Waals surface area contributed by atoms with E-state index in [-0.39, 0.29) is 23.5 Å². The monoisotopic (exact) mass is 499 g/mol. The molecule has 2 aromatic rings. The third-order valence-corrected chi connectivity index (χ3v) is 8.00. The molecular formula is C26H37N5O3S. The Morgan fingerprint density at radius 1 is 1.14 bits per heavy atom. The minimum atomic E-state index is -0.0937. The number of amides is 1. The molecule has 1 saturated heterocycles. The molecule has 1 saturated carbocycles. The normalized spacial score (nSPS) is 20.9. The number of methoxy groups -OCH3 is 1. The summed E-state index contributed by atoms with van der Waals surface area (Å²) in [7, 11) is 5.81. The molecule has 0 bridgehead atoms. The van der Waals surface area contributed by atoms with Crippen LogP contribution in [0.1, 0.15) is 25.7 Å². The first-order valence-electron chi connectivity index (χ1n) is 12.5. The van der Waals surface area contributed by atoms with Crippen molar-refractivity contribution in [1.29, 1.82) is 0 Å². The lowest BCUT2D eigenvalue weighted by atomic mass is 9.86. The van der Waals surface area contributed by atoms with E-state index in [1.807, 2.05) is 55.5 Å². The van der Waals surface area contributed by atoms with Crippen LogP contribution in [0.5, 0.6) is 0 Å². The van der Waals surface area contributed by atoms with Crippen molar-refractivity contribution in [2.45, 2.75) is 36.7 Å². The maximum atomic E-state index is 13.5. The highest BCUT2D eigenvalue weighted by atomic mass is 32.2. The van der Waals surface area contributed by atoms with Crippen LogP contribution in [0.25, 0.3) is 5.69 Å². The van der Waals surface area contributed by atoms with E-state index in [9.17, 15) is 9.59 Å². The minimum Gasteiger partial charge on any atom is -0.381 e. The summed E-state index contributed by atoms with van der Waals surface area (Å²) in [5, 5.41) is 4.52. The number of benzene rings is 1. The van der Waals surface area contributed by atoms with Crippen LogP contribution in [0, 0.1) is 5.92 Å². The van der Waals surface area contributed by atoms with Crippen molar-refractivity contribution in [1.82, 2.24) is 19.6 Å². The molecule has 2 atom stereocenters. The van der Waals surface area contributed by atoms with Crippen molar-refractivity contribution in [3.63, 3.8) is 0 Å². The van der Waals surface area contributed by atoms with Crippen molar-refractivity contribution in [2.24, 2.45) is 5.92 Å². The van der Waals surface area contributed by atoms with Gasteiger partial charge in [0.25, 0.3) is 5.56 Å². The lowest BCUT2D eigenvalue weighted by Crippen LogP contribution is -2.51. The maximum absolute atomic E-state index is 13.5. The van der Waals surface area contributed by atoms with E-state index in [0.717, 1.165) is 54.3 Å². The molecule has 1 aliphatic heterocycles. The van der Waals surface area contributed by atoms with E-state index in [0.29, 0.717) is 26.2 Å². The van der Waals surface area contributed by atoms with Crippen molar-refractivity contribution in [3.8, 4) is 5.69 Å². The van der Waals surface area contributed by atoms with Gasteiger partial charge in [-0.3, -0.25) is 9.59 Å². The summed E-state index contributed by atoms with van der Waals surface area (Å²) in [6.07, 6.45) is 5.88. The van der Waals surface area contributed by atoms with Gasteiger partial charge >= 0.3 is 0 Å². The Labute approximate surface area is 212 Å². The molecule has 1 aromatic heterocycles. The Morgan fingerprint density at radius 2 is 1.89 bits per heavy atom. The van der Waals surface area contributed by atoms with Crippen LogP contribution < -0.4 is 10.5 Å². The third-order valence-electron chi connectivity index (χ3n) is 6.94. The number of piperazine rings is 1. The largest absolute Gasteiger partial charge is 0.381 e. The fourth-order valence-electron chi connectivity index (χ4n) is 4.88. The molecule has 0 radical (unpaired) electrons. The summed E-state index contributed by atoms with van der Waals surface area (Å²) < 4.78 is 7.01. The van der Waals surface area contributed by atoms with Crippen molar-refractivity contribution in [2.75, 3.05) is 64.6 Å². The zero-order chi connectivity index (χ0) is 24.8. The van der Waals surface area contributed by atoms with E-state index < -0.39 is 0 Å². The first-order chi connectivity index (χ1) is 17.0. The summed E-state index contributed by atoms with van der Waals surface area (Å²) in [5.41, 5.74) is 1.54. The molecule has 0 spiro atoms. The van der Waals surface area contributed by atoms with Gasteiger partial charge < -0.3 is 19.4 Å². The molecule has 2 fully saturated rings. The Kier molecular flexibility index (Phi) is 8.86. The maximum Gasteiger partial charge on any atom is 0.287 e. The van der Waals surface area contributed by atoms with Gasteiger partial charge in [0.1, 0.15) is 0 Å². The molecule has 2 heterocycles. The average molecular weight is 500 g/mol. The number of rotatable bonds is 8. The zero-order valence-corrected chi connectivity index (χ0v) is 21.9. The fraction of sp³-hybridized carbons (Fsp3) is 0.577. The third kappa shape index (κ3) is 6.26. The second-order valence-corrected chi connectivity index (χ2v) is 10.7. The minimum absolute atomic E-state index is 0.0638. The highest BCUT2D eigenvalue weighted by Crippen LogP contribution is 2.30. The van der Waals surface area contributed by atoms with Gasteiger partial charge in [-0.15, -0.1) is 11.8 Å². The number of thioether (sulfide) groups is 1. The highest BCUT2D eigenvalue weighted by molar-refractivity contribution is 7.99. The average Bonchev–Trinajstić information content (AvgIpc) is 2.89. The number of hydrogen-bond acceptors (Lipinski definition) is 7. The molecule has 2 aliphatic rings. The summed E-state index contributed by atoms with van der Waals surface area (Å²) >= 11 is 1.59. The molecule has 1 amide bonds. The summed E-state index contributed by atoms with van der Waals surface area (Å²) in [6, 6.07) is 9.54. The quantitative estimate of drug-likeness (QED) is 0.517. The van der Waals surface area contributed by atoms with Gasteiger partial charge in [0.05, 0.1) is 28.6 Å². The number of aromatic nitrogens is 2. The Bertz CT molecular complexity index is 1040. The van der Waals surface area contributed by atoms with E-state index >= 15 is 0 Å². The molecule has 1 aliphatic carbocycles. The molecule has 2 unspecified atom stereocenters. The van der Waals surface area contributed by atoms with Crippen LogP contribution >= 0.6 is 11.8 Å². The molecule has 9 heteroatoms. The van der Waals surface area contributed by atoms with Crippen LogP contribution in [0.4, 0.5) is 5.69 Å². The summed E-state index contributed by atoms with van der Waals surface area (Å²) in [4.78, 5) is 33.7. The number of carbonyl (C=O) groups is 1. The second kappa shape index (κ2) is 12.1. The van der Waals surface area contributed by atoms with E-state index in [1.54, 1.807) is 18.9 Å². The molecule has 0 N–H and O–H groups in total. The number of ether oxygens (including phenoxy) is 1. The first kappa shape index (κ1) is 25.7. The fourth-order valence-corrected chi connectivity index (χ4v) is 6.08. The van der Waals surface area contributed by atoms with Gasteiger partial charge in [-0.2, -0.15) is 9.78 Å². The van der Waals surface area contributed by atoms with E-state index in [1.165, 1.54) is 4.68 Å². The predicted octanol–water partition coefficient (Wildman–Crippen LogP) is 2.74. The second-order valence-electron chi connectivity index (χ2n) is 9.60. The van der Waals surface area contributed by atoms with Crippen LogP contribution in [-0.4, -0.2) is 91.3 Å². The van der Waals surface area contributed by atoms with Crippen molar-refractivity contribution < 1.29 is 9.53 Å². The van der Waals surface area contributed by atoms with Gasteiger partial charge in [0.15, 0.2) is 0 Å². The summed E-state index contributed by atoms with van der Waals surface area (Å²) in [6.45, 7) is 3.60. The van der Waals surface area contributed by atoms with Crippen molar-refractivity contribution in [3.05, 3.63) is 46.9 Å². The first-order valence-corrected chi connectivity index (χ1v) is 13.5. The predicted molar refractivity (Wildman–Crippen MR) is 141 cm³/mol. The van der Waals surface area contributed by atoms with E-state index in [2.05, 4.69) is 14.9 Å². The smallest absolute Gasteiger partial charge is 0.287 e. The van der Waals surface area contributed by atoms with Crippen LogP contribution in [0.3, 0.4) is 0 Å². The Balaban J connectivity index is 1.49. The van der Waals surface area contributed by atoms with Gasteiger partial charge in [-0.1, -0.05) is 24.6 Å². The molecular weight excluding hydrogens is 462 g/mol. The number of nitrogens with zero attached hydrogens (tertiary/aromatic N) is 5. The zero-order valence-electron chi connectivity index (χ0n) is 21.1. The lowest BCUT2D eigenvalue weighted by Gasteiger charge is -2.39. The van der Waals surface area contributed by atoms with Crippen LogP contribution in [-0.2, 0) is 9.53 Å². The number of para-hydroxylation sites is 1. The Morgan fingerprint density at radius 3 is 2.57 bits per heavy atom. The topological polar surface area (TPSA) is 70.9 Å². The van der Waals surface area contributed by atoms with Gasteiger partial charge in [0, 0.05) is 51.5 Å². The number of hydrogen-bond donors (Lipinski definition) is 0. The standard InChI is InChI=1S/C26H37N5O3S/c1-28(2)16-17-35-24-23(19-27-31(26(24)33)21-9-5-4-6-10-21)29-12-14-30(15-13-29)25(32)20-8-7-11-22(18-20)34-3/h4-6,9-10,19-20,22H,7-8,11-18H2,1-3H3. The van der Waals surface area contributed by atoms with Crippen LogP contribution in [0.2, 0.25) is 0 Å². The number of carbonyl (C=O) groups excluding carboxylic acids is 1. The van der Waals surface area contributed by atoms with Crippen molar-refractivity contribution >= 4 is 23.4 Å². The highest BCUT2D eigenvalue weighted by Gasteiger charge is 2.32. The van der Waals surface area contributed by atoms with Gasteiger partial charge in [0.2, 0.25) is 5.91 Å². The SMILES string of the molecule is COC1CCCC(C(=O)N2CCN(c3cnn(-c4ccccc4)c(=O)c3SCCN(C)C)CC2)C1. The molecule has 8 nitrogen and oxygen atoms in total. The molecule has 4 rings (SSSR count). The van der Waals surface area contributed by atoms with Gasteiger partial charge in [-0.25, -0.2) is 0 Å².